The van der Waals surface area contributed by atoms with Crippen molar-refractivity contribution in [1.29, 1.82) is 0 Å². The van der Waals surface area contributed by atoms with Crippen LogP contribution in [0.3, 0.4) is 0 Å². The van der Waals surface area contributed by atoms with Gasteiger partial charge < -0.3 is 9.64 Å². The maximum Gasteiger partial charge on any atom is 0.410 e. The van der Waals surface area contributed by atoms with Crippen LogP contribution in [0, 0.1) is 5.41 Å². The molecule has 2 aliphatic rings. The lowest BCUT2D eigenvalue weighted by molar-refractivity contribution is 0.00817. The predicted molar refractivity (Wildman–Crippen MR) is 98.9 cm³/mol. The predicted octanol–water partition coefficient (Wildman–Crippen LogP) is 3.27. The van der Waals surface area contributed by atoms with Crippen molar-refractivity contribution in [2.45, 2.75) is 90.0 Å². The zero-order valence-electron chi connectivity index (χ0n) is 16.5. The average molecular weight is 375 g/mol. The van der Waals surface area contributed by atoms with Crippen LogP contribution in [0.5, 0.6) is 0 Å². The summed E-state index contributed by atoms with van der Waals surface area (Å²) in [6.45, 7) is 12.0. The minimum Gasteiger partial charge on any atom is -0.444 e. The van der Waals surface area contributed by atoms with Crippen molar-refractivity contribution in [3.05, 3.63) is 0 Å². The lowest BCUT2D eigenvalue weighted by atomic mass is 9.74. The number of carbonyl (C=O) groups excluding carboxylic acids is 1. The second kappa shape index (κ2) is 6.72. The highest BCUT2D eigenvalue weighted by Gasteiger charge is 2.48. The second-order valence-electron chi connectivity index (χ2n) is 9.51. The van der Waals surface area contributed by atoms with Gasteiger partial charge in [0.1, 0.15) is 5.60 Å². The molecule has 0 aromatic rings. The minimum atomic E-state index is -3.37. The van der Waals surface area contributed by atoms with Crippen LogP contribution < -0.4 is 4.72 Å². The maximum absolute atomic E-state index is 12.6. The summed E-state index contributed by atoms with van der Waals surface area (Å²) in [5.41, 5.74) is -0.527. The van der Waals surface area contributed by atoms with Gasteiger partial charge in [-0.15, -0.1) is 0 Å². The number of hydrogen-bond donors (Lipinski definition) is 1. The highest BCUT2D eigenvalue weighted by molar-refractivity contribution is 7.90. The summed E-state index contributed by atoms with van der Waals surface area (Å²) in [5, 5.41) is 0. The molecule has 1 heterocycles. The molecule has 25 heavy (non-hydrogen) atoms. The molecule has 1 aliphatic carbocycles. The molecule has 0 aromatic carbocycles. The van der Waals surface area contributed by atoms with Crippen molar-refractivity contribution in [2.24, 2.45) is 5.41 Å². The van der Waals surface area contributed by atoms with Gasteiger partial charge >= 0.3 is 6.09 Å². The summed E-state index contributed by atoms with van der Waals surface area (Å²) in [6.07, 6.45) is 4.30. The first-order valence-corrected chi connectivity index (χ1v) is 10.7. The van der Waals surface area contributed by atoms with E-state index >= 15 is 0 Å². The molecule has 1 amide bonds. The van der Waals surface area contributed by atoms with Crippen LogP contribution in [0.1, 0.15) is 73.6 Å². The Bertz CT molecular complexity index is 594. The van der Waals surface area contributed by atoms with Gasteiger partial charge in [0.15, 0.2) is 0 Å². The zero-order chi connectivity index (χ0) is 19.1. The highest BCUT2D eigenvalue weighted by atomic mass is 32.2. The Hall–Kier alpha value is -0.820. The van der Waals surface area contributed by atoms with Gasteiger partial charge in [-0.1, -0.05) is 6.42 Å². The Morgan fingerprint density at radius 1 is 1.08 bits per heavy atom. The third kappa shape index (κ3) is 4.67. The normalized spacial score (nSPS) is 24.6. The number of amides is 1. The number of piperidine rings is 1. The van der Waals surface area contributed by atoms with Gasteiger partial charge in [0.2, 0.25) is 10.0 Å². The highest BCUT2D eigenvalue weighted by Crippen LogP contribution is 2.47. The zero-order valence-corrected chi connectivity index (χ0v) is 17.3. The molecule has 6 nitrogen and oxygen atoms in total. The molecule has 1 saturated heterocycles. The third-order valence-electron chi connectivity index (χ3n) is 5.42. The van der Waals surface area contributed by atoms with Crippen molar-refractivity contribution in [2.75, 3.05) is 13.1 Å². The van der Waals surface area contributed by atoms with Crippen molar-refractivity contribution in [3.63, 3.8) is 0 Å². The number of ether oxygens (including phenoxy) is 1. The quantitative estimate of drug-likeness (QED) is 0.805. The maximum atomic E-state index is 12.6. The fourth-order valence-electron chi connectivity index (χ4n) is 3.75. The summed E-state index contributed by atoms with van der Waals surface area (Å²) in [7, 11) is -3.37. The van der Waals surface area contributed by atoms with Crippen molar-refractivity contribution >= 4 is 16.1 Å². The number of nitrogens with one attached hydrogen (secondary N) is 1. The van der Waals surface area contributed by atoms with E-state index in [9.17, 15) is 13.2 Å². The Morgan fingerprint density at radius 3 is 2.12 bits per heavy atom. The van der Waals surface area contributed by atoms with E-state index in [2.05, 4.69) is 4.72 Å². The van der Waals surface area contributed by atoms with Gasteiger partial charge in [-0.25, -0.2) is 17.9 Å². The Labute approximate surface area is 152 Å². The Balaban J connectivity index is 2.02. The van der Waals surface area contributed by atoms with Crippen LogP contribution in [0.25, 0.3) is 0 Å². The lowest BCUT2D eigenvalue weighted by Gasteiger charge is -2.43. The molecule has 1 N–H and O–H groups in total. The molecule has 2 rings (SSSR count). The van der Waals surface area contributed by atoms with Gasteiger partial charge in [-0.2, -0.15) is 0 Å². The minimum absolute atomic E-state index is 0.0301. The number of hydrogen-bond acceptors (Lipinski definition) is 4. The molecule has 1 atom stereocenters. The van der Waals surface area contributed by atoms with Gasteiger partial charge in [0.05, 0.1) is 4.75 Å². The van der Waals surface area contributed by atoms with Gasteiger partial charge in [-0.05, 0) is 72.6 Å². The van der Waals surface area contributed by atoms with Crippen LogP contribution in [0.4, 0.5) is 4.79 Å². The van der Waals surface area contributed by atoms with Gasteiger partial charge in [0.25, 0.3) is 0 Å². The molecule has 2 fully saturated rings. The summed E-state index contributed by atoms with van der Waals surface area (Å²) in [4.78, 5) is 14.0. The van der Waals surface area contributed by atoms with Crippen molar-refractivity contribution in [3.8, 4) is 0 Å². The van der Waals surface area contributed by atoms with E-state index in [0.717, 1.165) is 32.1 Å². The van der Waals surface area contributed by atoms with E-state index in [4.69, 9.17) is 4.74 Å². The van der Waals surface area contributed by atoms with E-state index < -0.39 is 20.4 Å². The lowest BCUT2D eigenvalue weighted by Crippen LogP contribution is -2.54. The third-order valence-corrected chi connectivity index (χ3v) is 7.63. The second-order valence-corrected chi connectivity index (χ2v) is 12.0. The topological polar surface area (TPSA) is 75.7 Å². The van der Waals surface area contributed by atoms with E-state index in [-0.39, 0.29) is 17.6 Å². The first-order valence-electron chi connectivity index (χ1n) is 9.26. The Kier molecular flexibility index (Phi) is 5.51. The molecule has 1 aliphatic heterocycles. The summed E-state index contributed by atoms with van der Waals surface area (Å²) in [6, 6.07) is -0.0301. The molecular formula is C18H34N2O4S. The molecule has 7 heteroatoms. The summed E-state index contributed by atoms with van der Waals surface area (Å²) in [5.74, 6) is 0. The fourth-order valence-corrected chi connectivity index (χ4v) is 4.84. The first kappa shape index (κ1) is 20.5. The number of rotatable bonds is 2. The van der Waals surface area contributed by atoms with Crippen LogP contribution in [0.15, 0.2) is 0 Å². The molecule has 1 saturated carbocycles. The van der Waals surface area contributed by atoms with Crippen molar-refractivity contribution < 1.29 is 17.9 Å². The molecule has 0 bridgehead atoms. The Morgan fingerprint density at radius 2 is 1.64 bits per heavy atom. The van der Waals surface area contributed by atoms with Crippen LogP contribution in [-0.4, -0.2) is 48.9 Å². The van der Waals surface area contributed by atoms with E-state index in [0.29, 0.717) is 13.1 Å². The van der Waals surface area contributed by atoms with Gasteiger partial charge in [0, 0.05) is 19.1 Å². The van der Waals surface area contributed by atoms with E-state index in [1.54, 1.807) is 25.7 Å². The summed E-state index contributed by atoms with van der Waals surface area (Å²) >= 11 is 0. The van der Waals surface area contributed by atoms with Crippen LogP contribution >= 0.6 is 0 Å². The number of sulfonamides is 1. The standard InChI is InChI=1S/C18H34N2O4S/c1-16(2,3)24-15(21)20-12-10-18(11-13-20)9-7-8-14(18)19-25(22,23)17(4,5)6/h14,19H,7-13H2,1-6H3/t14-/m1/s1. The van der Waals surface area contributed by atoms with Crippen LogP contribution in [-0.2, 0) is 14.8 Å². The average Bonchev–Trinajstić information content (AvgIpc) is 2.78. The van der Waals surface area contributed by atoms with E-state index in [1.165, 1.54) is 0 Å². The molecule has 0 radical (unpaired) electrons. The van der Waals surface area contributed by atoms with Gasteiger partial charge in [-0.3, -0.25) is 0 Å². The summed E-state index contributed by atoms with van der Waals surface area (Å²) < 4.78 is 32.8. The molecule has 0 aromatic heterocycles. The fraction of sp³-hybridized carbons (Fsp3) is 0.944. The monoisotopic (exact) mass is 374 g/mol. The molecular weight excluding hydrogens is 340 g/mol. The van der Waals surface area contributed by atoms with E-state index in [1.807, 2.05) is 20.8 Å². The molecule has 1 spiro atoms. The molecule has 146 valence electrons. The SMILES string of the molecule is CC(C)(C)OC(=O)N1CCC2(CCC[C@H]2NS(=O)(=O)C(C)(C)C)CC1. The largest absolute Gasteiger partial charge is 0.444 e. The molecule has 0 unspecified atom stereocenters. The number of nitrogens with zero attached hydrogens (tertiary/aromatic N) is 1. The smallest absolute Gasteiger partial charge is 0.410 e. The number of likely N-dealkylation sites (tertiary alicyclic amines) is 1. The van der Waals surface area contributed by atoms with Crippen LogP contribution in [0.2, 0.25) is 0 Å². The number of carbonyl (C=O) groups is 1. The first-order chi connectivity index (χ1) is 11.3. The van der Waals surface area contributed by atoms with Crippen molar-refractivity contribution in [1.82, 2.24) is 9.62 Å².